The quantitative estimate of drug-likeness (QED) is 0.724. The van der Waals surface area contributed by atoms with Crippen LogP contribution in [0.2, 0.25) is 0 Å². The van der Waals surface area contributed by atoms with Gasteiger partial charge < -0.3 is 5.32 Å². The monoisotopic (exact) mass is 239 g/mol. The van der Waals surface area contributed by atoms with Gasteiger partial charge in [-0.2, -0.15) is 11.8 Å². The first kappa shape index (κ1) is 14.3. The van der Waals surface area contributed by atoms with Crippen molar-refractivity contribution >= 4 is 21.6 Å². The molecule has 0 spiro atoms. The van der Waals surface area contributed by atoms with Crippen LogP contribution in [0, 0.1) is 0 Å². The molecule has 1 atom stereocenters. The molecule has 0 saturated carbocycles. The summed E-state index contributed by atoms with van der Waals surface area (Å²) in [7, 11) is -0.934. The first-order valence-electron chi connectivity index (χ1n) is 4.81. The Bertz CT molecular complexity index is 237. The van der Waals surface area contributed by atoms with E-state index in [4.69, 9.17) is 0 Å². The molecule has 0 aromatic carbocycles. The highest BCUT2D eigenvalue weighted by Gasteiger charge is 2.11. The second-order valence-electron chi connectivity index (χ2n) is 3.79. The van der Waals surface area contributed by atoms with Crippen LogP contribution in [-0.4, -0.2) is 44.5 Å². The zero-order valence-corrected chi connectivity index (χ0v) is 11.0. The molecule has 1 N–H and O–H groups in total. The fourth-order valence-corrected chi connectivity index (χ4v) is 2.64. The Kier molecular flexibility index (Phi) is 6.81. The van der Waals surface area contributed by atoms with E-state index in [2.05, 4.69) is 19.2 Å². The maximum Gasteiger partial charge on any atom is 0.147 e. The highest BCUT2D eigenvalue weighted by atomic mass is 32.2. The lowest BCUT2D eigenvalue weighted by Crippen LogP contribution is -2.30. The lowest BCUT2D eigenvalue weighted by Gasteiger charge is -2.16. The average molecular weight is 239 g/mol. The molecule has 5 heteroatoms. The van der Waals surface area contributed by atoms with Crippen LogP contribution in [0.4, 0.5) is 0 Å². The molecular weight excluding hydrogens is 218 g/mol. The average Bonchev–Trinajstić information content (AvgIpc) is 2.02. The van der Waals surface area contributed by atoms with E-state index in [-0.39, 0.29) is 5.75 Å². The molecule has 86 valence electrons. The topological polar surface area (TPSA) is 46.2 Å². The molecule has 0 heterocycles. The van der Waals surface area contributed by atoms with Gasteiger partial charge in [0.2, 0.25) is 0 Å². The van der Waals surface area contributed by atoms with E-state index in [1.165, 1.54) is 6.26 Å². The fraction of sp³-hybridized carbons (Fsp3) is 1.00. The smallest absolute Gasteiger partial charge is 0.147 e. The van der Waals surface area contributed by atoms with E-state index in [0.717, 1.165) is 5.75 Å². The standard InChI is InChI=1S/C9H21NO2S2/c1-8(2)13-7-9(10-3)5-6-14(4,11)12/h8-10H,5-7H2,1-4H3. The maximum atomic E-state index is 11.0. The van der Waals surface area contributed by atoms with Crippen molar-refractivity contribution in [2.24, 2.45) is 0 Å². The molecule has 0 saturated heterocycles. The van der Waals surface area contributed by atoms with Crippen molar-refractivity contribution in [3.63, 3.8) is 0 Å². The first-order chi connectivity index (χ1) is 6.35. The number of hydrogen-bond acceptors (Lipinski definition) is 4. The van der Waals surface area contributed by atoms with Crippen LogP contribution in [0.1, 0.15) is 20.3 Å². The Morgan fingerprint density at radius 3 is 2.29 bits per heavy atom. The van der Waals surface area contributed by atoms with Crippen LogP contribution in [0.3, 0.4) is 0 Å². The number of hydrogen-bond donors (Lipinski definition) is 1. The van der Waals surface area contributed by atoms with E-state index < -0.39 is 9.84 Å². The molecular formula is C9H21NO2S2. The number of rotatable bonds is 7. The summed E-state index contributed by atoms with van der Waals surface area (Å²) < 4.78 is 21.9. The molecule has 0 bridgehead atoms. The largest absolute Gasteiger partial charge is 0.316 e. The van der Waals surface area contributed by atoms with Gasteiger partial charge in [0.15, 0.2) is 0 Å². The van der Waals surface area contributed by atoms with E-state index in [1.807, 2.05) is 18.8 Å². The molecule has 0 aromatic rings. The minimum atomic E-state index is -2.82. The molecule has 0 fully saturated rings. The summed E-state index contributed by atoms with van der Waals surface area (Å²) in [6, 6.07) is 0.303. The Morgan fingerprint density at radius 1 is 1.36 bits per heavy atom. The van der Waals surface area contributed by atoms with E-state index in [1.54, 1.807) is 0 Å². The van der Waals surface area contributed by atoms with Gasteiger partial charge in [0.05, 0.1) is 5.75 Å². The first-order valence-corrected chi connectivity index (χ1v) is 7.92. The van der Waals surface area contributed by atoms with Crippen molar-refractivity contribution < 1.29 is 8.42 Å². The normalized spacial score (nSPS) is 14.6. The van der Waals surface area contributed by atoms with Crippen LogP contribution in [0.15, 0.2) is 0 Å². The van der Waals surface area contributed by atoms with Crippen molar-refractivity contribution in [2.45, 2.75) is 31.6 Å². The summed E-state index contributed by atoms with van der Waals surface area (Å²) >= 11 is 1.86. The molecule has 0 radical (unpaired) electrons. The van der Waals surface area contributed by atoms with Gasteiger partial charge in [0.1, 0.15) is 9.84 Å². The zero-order valence-electron chi connectivity index (χ0n) is 9.41. The molecule has 0 aliphatic heterocycles. The van der Waals surface area contributed by atoms with Crippen molar-refractivity contribution in [1.82, 2.24) is 5.32 Å². The van der Waals surface area contributed by atoms with Crippen molar-refractivity contribution in [1.29, 1.82) is 0 Å². The van der Waals surface area contributed by atoms with E-state index in [9.17, 15) is 8.42 Å². The molecule has 0 aliphatic rings. The molecule has 14 heavy (non-hydrogen) atoms. The molecule has 0 aliphatic carbocycles. The van der Waals surface area contributed by atoms with Gasteiger partial charge in [-0.05, 0) is 18.7 Å². The minimum absolute atomic E-state index is 0.275. The highest BCUT2D eigenvalue weighted by Crippen LogP contribution is 2.12. The van der Waals surface area contributed by atoms with Crippen molar-refractivity contribution in [3.8, 4) is 0 Å². The van der Waals surface area contributed by atoms with Crippen LogP contribution < -0.4 is 5.32 Å². The van der Waals surface area contributed by atoms with Crippen LogP contribution in [-0.2, 0) is 9.84 Å². The third-order valence-corrected chi connectivity index (χ3v) is 4.11. The Hall–Kier alpha value is 0.260. The van der Waals surface area contributed by atoms with Crippen LogP contribution in [0.5, 0.6) is 0 Å². The molecule has 0 aromatic heterocycles. The second kappa shape index (κ2) is 6.69. The predicted molar refractivity (Wildman–Crippen MR) is 64.8 cm³/mol. The minimum Gasteiger partial charge on any atom is -0.316 e. The summed E-state index contributed by atoms with van der Waals surface area (Å²) in [6.07, 6.45) is 1.99. The summed E-state index contributed by atoms with van der Waals surface area (Å²) in [5, 5.41) is 3.75. The van der Waals surface area contributed by atoms with Crippen molar-refractivity contribution in [3.05, 3.63) is 0 Å². The zero-order chi connectivity index (χ0) is 11.2. The van der Waals surface area contributed by atoms with Gasteiger partial charge in [-0.1, -0.05) is 13.8 Å². The fourth-order valence-electron chi connectivity index (χ4n) is 0.976. The van der Waals surface area contributed by atoms with Gasteiger partial charge in [0, 0.05) is 18.1 Å². The van der Waals surface area contributed by atoms with Gasteiger partial charge in [-0.3, -0.25) is 0 Å². The summed E-state index contributed by atoms with van der Waals surface area (Å²) in [4.78, 5) is 0. The Morgan fingerprint density at radius 2 is 1.93 bits per heavy atom. The second-order valence-corrected chi connectivity index (χ2v) is 7.66. The number of nitrogens with one attached hydrogen (secondary N) is 1. The van der Waals surface area contributed by atoms with Crippen LogP contribution >= 0.6 is 11.8 Å². The van der Waals surface area contributed by atoms with Gasteiger partial charge in [-0.25, -0.2) is 8.42 Å². The predicted octanol–water partition coefficient (Wildman–Crippen LogP) is 1.15. The van der Waals surface area contributed by atoms with Gasteiger partial charge in [0.25, 0.3) is 0 Å². The number of sulfone groups is 1. The van der Waals surface area contributed by atoms with E-state index in [0.29, 0.717) is 17.7 Å². The highest BCUT2D eigenvalue weighted by molar-refractivity contribution is 7.99. The number of thioether (sulfide) groups is 1. The lowest BCUT2D eigenvalue weighted by atomic mass is 10.3. The lowest BCUT2D eigenvalue weighted by molar-refractivity contribution is 0.573. The third kappa shape index (κ3) is 8.84. The summed E-state index contributed by atoms with van der Waals surface area (Å²) in [6.45, 7) is 4.29. The summed E-state index contributed by atoms with van der Waals surface area (Å²) in [5.41, 5.74) is 0. The SMILES string of the molecule is CNC(CCS(C)(=O)=O)CSC(C)C. The maximum absolute atomic E-state index is 11.0. The molecule has 0 rings (SSSR count). The molecule has 0 amide bonds. The van der Waals surface area contributed by atoms with Crippen molar-refractivity contribution in [2.75, 3.05) is 24.8 Å². The van der Waals surface area contributed by atoms with Gasteiger partial charge in [-0.15, -0.1) is 0 Å². The van der Waals surface area contributed by atoms with E-state index >= 15 is 0 Å². The molecule has 3 nitrogen and oxygen atoms in total. The van der Waals surface area contributed by atoms with Gasteiger partial charge >= 0.3 is 0 Å². The molecule has 1 unspecified atom stereocenters. The summed E-state index contributed by atoms with van der Waals surface area (Å²) in [5.74, 6) is 1.25. The Balaban J connectivity index is 3.80. The van der Waals surface area contributed by atoms with Crippen LogP contribution in [0.25, 0.3) is 0 Å². The third-order valence-electron chi connectivity index (χ3n) is 1.88. The Labute approximate surface area is 92.0 Å².